The molecule has 0 saturated heterocycles. The number of nitrogens with zero attached hydrogens (tertiary/aromatic N) is 3. The van der Waals surface area contributed by atoms with E-state index in [9.17, 15) is 9.90 Å². The number of aliphatic hydroxyl groups is 1. The maximum absolute atomic E-state index is 12.2. The Hall–Kier alpha value is -2.70. The van der Waals surface area contributed by atoms with Crippen molar-refractivity contribution < 1.29 is 9.90 Å². The van der Waals surface area contributed by atoms with Crippen LogP contribution in [0.15, 0.2) is 60.9 Å². The fourth-order valence-electron chi connectivity index (χ4n) is 2.22. The van der Waals surface area contributed by atoms with Gasteiger partial charge in [-0.3, -0.25) is 4.79 Å². The van der Waals surface area contributed by atoms with Gasteiger partial charge in [0, 0.05) is 29.5 Å². The predicted molar refractivity (Wildman–Crippen MR) is 90.1 cm³/mol. The molecule has 2 N–H and O–H groups in total. The minimum Gasteiger partial charge on any atom is -0.387 e. The molecule has 24 heavy (non-hydrogen) atoms. The first-order valence-electron chi connectivity index (χ1n) is 7.33. The summed E-state index contributed by atoms with van der Waals surface area (Å²) in [6.07, 6.45) is 2.48. The number of benzene rings is 1. The molecule has 0 saturated carbocycles. The van der Waals surface area contributed by atoms with Crippen molar-refractivity contribution in [2.75, 3.05) is 6.54 Å². The Balaban J connectivity index is 1.67. The van der Waals surface area contributed by atoms with Crippen molar-refractivity contribution in [1.82, 2.24) is 20.1 Å². The first-order valence-corrected chi connectivity index (χ1v) is 7.70. The molecule has 0 aliphatic heterocycles. The minimum absolute atomic E-state index is 0.0379. The zero-order valence-electron chi connectivity index (χ0n) is 12.6. The van der Waals surface area contributed by atoms with E-state index in [2.05, 4.69) is 15.4 Å². The van der Waals surface area contributed by atoms with Crippen LogP contribution in [0.2, 0.25) is 5.02 Å². The molecule has 3 rings (SSSR count). The molecule has 2 aromatic heterocycles. The average Bonchev–Trinajstić information content (AvgIpc) is 3.14. The van der Waals surface area contributed by atoms with Crippen molar-refractivity contribution in [3.05, 3.63) is 77.2 Å². The normalized spacial score (nSPS) is 11.9. The zero-order valence-corrected chi connectivity index (χ0v) is 13.4. The Morgan fingerprint density at radius 1 is 1.21 bits per heavy atom. The first-order chi connectivity index (χ1) is 11.6. The van der Waals surface area contributed by atoms with Gasteiger partial charge in [0.05, 0.1) is 6.10 Å². The second-order valence-electron chi connectivity index (χ2n) is 5.08. The Labute approximate surface area is 143 Å². The quantitative estimate of drug-likeness (QED) is 0.746. The molecule has 6 nitrogen and oxygen atoms in total. The van der Waals surface area contributed by atoms with Crippen LogP contribution in [0, 0.1) is 0 Å². The fourth-order valence-corrected chi connectivity index (χ4v) is 2.48. The number of pyridine rings is 1. The molecule has 0 aliphatic carbocycles. The summed E-state index contributed by atoms with van der Waals surface area (Å²) in [5.74, 6) is 0.161. The highest BCUT2D eigenvalue weighted by Gasteiger charge is 2.14. The van der Waals surface area contributed by atoms with Crippen LogP contribution in [0.3, 0.4) is 0 Å². The Morgan fingerprint density at radius 3 is 2.79 bits per heavy atom. The molecule has 0 radical (unpaired) electrons. The second kappa shape index (κ2) is 7.25. The summed E-state index contributed by atoms with van der Waals surface area (Å²) in [6.45, 7) is 0.0379. The number of carbonyl (C=O) groups is 1. The number of rotatable bonds is 5. The molecule has 1 atom stereocenters. The molecule has 1 aromatic carbocycles. The summed E-state index contributed by atoms with van der Waals surface area (Å²) < 4.78 is 1.56. The van der Waals surface area contributed by atoms with Gasteiger partial charge < -0.3 is 10.4 Å². The van der Waals surface area contributed by atoms with Crippen molar-refractivity contribution in [3.8, 4) is 5.82 Å². The summed E-state index contributed by atoms with van der Waals surface area (Å²) in [6, 6.07) is 13.8. The molecule has 0 bridgehead atoms. The highest BCUT2D eigenvalue weighted by Crippen LogP contribution is 2.21. The van der Waals surface area contributed by atoms with E-state index in [-0.39, 0.29) is 18.1 Å². The molecule has 1 unspecified atom stereocenters. The van der Waals surface area contributed by atoms with Crippen LogP contribution in [-0.4, -0.2) is 32.3 Å². The number of hydrogen-bond acceptors (Lipinski definition) is 4. The summed E-state index contributed by atoms with van der Waals surface area (Å²) in [4.78, 5) is 16.5. The highest BCUT2D eigenvalue weighted by molar-refractivity contribution is 6.31. The summed E-state index contributed by atoms with van der Waals surface area (Å²) >= 11 is 6.03. The minimum atomic E-state index is -0.892. The fraction of sp³-hybridized carbons (Fsp3) is 0.118. The van der Waals surface area contributed by atoms with Crippen LogP contribution >= 0.6 is 11.6 Å². The van der Waals surface area contributed by atoms with Crippen LogP contribution in [-0.2, 0) is 0 Å². The molecule has 0 spiro atoms. The van der Waals surface area contributed by atoms with E-state index in [4.69, 9.17) is 11.6 Å². The van der Waals surface area contributed by atoms with Gasteiger partial charge in [0.2, 0.25) is 0 Å². The van der Waals surface area contributed by atoms with Crippen molar-refractivity contribution in [2.24, 2.45) is 0 Å². The number of nitrogens with one attached hydrogen (secondary N) is 1. The van der Waals surface area contributed by atoms with Crippen molar-refractivity contribution >= 4 is 17.5 Å². The van der Waals surface area contributed by atoms with Gasteiger partial charge in [-0.05, 0) is 24.3 Å². The van der Waals surface area contributed by atoms with Crippen molar-refractivity contribution in [2.45, 2.75) is 6.10 Å². The van der Waals surface area contributed by atoms with Crippen LogP contribution in [0.25, 0.3) is 5.82 Å². The van der Waals surface area contributed by atoms with Gasteiger partial charge in [-0.1, -0.05) is 35.9 Å². The smallest absolute Gasteiger partial charge is 0.270 e. The van der Waals surface area contributed by atoms with E-state index >= 15 is 0 Å². The Kier molecular flexibility index (Phi) is 4.88. The molecular weight excluding hydrogens is 328 g/mol. The van der Waals surface area contributed by atoms with E-state index in [1.54, 1.807) is 65.6 Å². The monoisotopic (exact) mass is 342 g/mol. The molecule has 122 valence electrons. The lowest BCUT2D eigenvalue weighted by molar-refractivity contribution is 0.0911. The summed E-state index contributed by atoms with van der Waals surface area (Å²) in [7, 11) is 0. The molecule has 2 heterocycles. The number of halogens is 1. The highest BCUT2D eigenvalue weighted by atomic mass is 35.5. The van der Waals surface area contributed by atoms with Gasteiger partial charge in [0.1, 0.15) is 5.69 Å². The van der Waals surface area contributed by atoms with Gasteiger partial charge in [-0.2, -0.15) is 5.10 Å². The van der Waals surface area contributed by atoms with Crippen molar-refractivity contribution in [1.29, 1.82) is 0 Å². The third-order valence-electron chi connectivity index (χ3n) is 3.43. The SMILES string of the molecule is O=C(NCC(O)c1ccccc1Cl)c1cccc(-n2cccn2)n1. The van der Waals surface area contributed by atoms with Gasteiger partial charge in [0.25, 0.3) is 5.91 Å². The van der Waals surface area contributed by atoms with E-state index in [0.29, 0.717) is 16.4 Å². The predicted octanol–water partition coefficient (Wildman–Crippen LogP) is 2.38. The molecule has 0 fully saturated rings. The number of aromatic nitrogens is 3. The van der Waals surface area contributed by atoms with Gasteiger partial charge in [-0.25, -0.2) is 9.67 Å². The summed E-state index contributed by atoms with van der Waals surface area (Å²) in [5.41, 5.74) is 0.812. The lowest BCUT2D eigenvalue weighted by atomic mass is 10.1. The van der Waals surface area contributed by atoms with Gasteiger partial charge >= 0.3 is 0 Å². The van der Waals surface area contributed by atoms with Crippen LogP contribution in [0.4, 0.5) is 0 Å². The van der Waals surface area contributed by atoms with Crippen LogP contribution in [0.1, 0.15) is 22.2 Å². The Bertz CT molecular complexity index is 836. The van der Waals surface area contributed by atoms with E-state index < -0.39 is 6.10 Å². The van der Waals surface area contributed by atoms with Crippen LogP contribution < -0.4 is 5.32 Å². The third kappa shape index (κ3) is 3.61. The average molecular weight is 343 g/mol. The maximum Gasteiger partial charge on any atom is 0.270 e. The van der Waals surface area contributed by atoms with Crippen LogP contribution in [0.5, 0.6) is 0 Å². The number of amides is 1. The van der Waals surface area contributed by atoms with E-state index in [0.717, 1.165) is 0 Å². The van der Waals surface area contributed by atoms with Gasteiger partial charge in [0.15, 0.2) is 5.82 Å². The third-order valence-corrected chi connectivity index (χ3v) is 3.77. The largest absolute Gasteiger partial charge is 0.387 e. The molecule has 7 heteroatoms. The first kappa shape index (κ1) is 16.2. The molecule has 3 aromatic rings. The lowest BCUT2D eigenvalue weighted by Gasteiger charge is -2.13. The number of hydrogen-bond donors (Lipinski definition) is 2. The zero-order chi connectivity index (χ0) is 16.9. The molecule has 1 amide bonds. The van der Waals surface area contributed by atoms with Crippen molar-refractivity contribution in [3.63, 3.8) is 0 Å². The Morgan fingerprint density at radius 2 is 2.04 bits per heavy atom. The number of carbonyl (C=O) groups excluding carboxylic acids is 1. The second-order valence-corrected chi connectivity index (χ2v) is 5.49. The van der Waals surface area contributed by atoms with E-state index in [1.165, 1.54) is 0 Å². The molecule has 0 aliphatic rings. The molecular formula is C17H15ClN4O2. The lowest BCUT2D eigenvalue weighted by Crippen LogP contribution is -2.29. The van der Waals surface area contributed by atoms with Gasteiger partial charge in [-0.15, -0.1) is 0 Å². The maximum atomic E-state index is 12.2. The topological polar surface area (TPSA) is 80.0 Å². The standard InChI is InChI=1S/C17H15ClN4O2/c18-13-6-2-1-5-12(13)15(23)11-19-17(24)14-7-3-8-16(21-14)22-10-4-9-20-22/h1-10,15,23H,11H2,(H,19,24). The number of aliphatic hydroxyl groups excluding tert-OH is 1. The summed E-state index contributed by atoms with van der Waals surface area (Å²) in [5, 5.41) is 17.4. The van der Waals surface area contributed by atoms with E-state index in [1.807, 2.05) is 0 Å².